The number of nitrogens with one attached hydrogen (secondary N) is 1. The van der Waals surface area contributed by atoms with Gasteiger partial charge in [-0.2, -0.15) is 0 Å². The number of rotatable bonds is 7. The van der Waals surface area contributed by atoms with E-state index >= 15 is 0 Å². The van der Waals surface area contributed by atoms with Gasteiger partial charge in [-0.1, -0.05) is 91.0 Å². The van der Waals surface area contributed by atoms with Crippen molar-refractivity contribution in [3.63, 3.8) is 0 Å². The molecule has 190 valence electrons. The van der Waals surface area contributed by atoms with Crippen molar-refractivity contribution in [2.75, 3.05) is 36.4 Å². The van der Waals surface area contributed by atoms with Crippen LogP contribution in [0.15, 0.2) is 121 Å². The van der Waals surface area contributed by atoms with E-state index in [4.69, 9.17) is 0 Å². The Hall–Kier alpha value is -4.64. The van der Waals surface area contributed by atoms with E-state index < -0.39 is 5.92 Å². The van der Waals surface area contributed by atoms with Gasteiger partial charge < -0.3 is 15.1 Å². The lowest BCUT2D eigenvalue weighted by molar-refractivity contribution is -0.126. The van der Waals surface area contributed by atoms with Crippen LogP contribution < -0.4 is 10.2 Å². The van der Waals surface area contributed by atoms with Crippen LogP contribution >= 0.6 is 0 Å². The van der Waals surface area contributed by atoms with Crippen LogP contribution in [0.4, 0.5) is 11.4 Å². The fraction of sp³-hybridized carbons (Fsp3) is 0.152. The summed E-state index contributed by atoms with van der Waals surface area (Å²) in [6.07, 6.45) is 3.52. The zero-order valence-electron chi connectivity index (χ0n) is 21.2. The number of anilines is 2. The molecular formula is C33H31N3O2. The van der Waals surface area contributed by atoms with Gasteiger partial charge in [0.15, 0.2) is 0 Å². The van der Waals surface area contributed by atoms with Crippen LogP contribution in [0, 0.1) is 0 Å². The summed E-state index contributed by atoms with van der Waals surface area (Å²) in [5.74, 6) is -0.414. The molecule has 5 nitrogen and oxygen atoms in total. The van der Waals surface area contributed by atoms with Crippen LogP contribution in [-0.4, -0.2) is 42.9 Å². The normalized spacial score (nSPS) is 13.6. The van der Waals surface area contributed by atoms with Gasteiger partial charge in [0, 0.05) is 43.6 Å². The van der Waals surface area contributed by atoms with E-state index in [0.717, 1.165) is 41.2 Å². The summed E-state index contributed by atoms with van der Waals surface area (Å²) < 4.78 is 0. The average Bonchev–Trinajstić information content (AvgIpc) is 2.98. The number of amides is 2. The Balaban J connectivity index is 1.19. The molecule has 0 radical (unpaired) electrons. The fourth-order valence-electron chi connectivity index (χ4n) is 4.78. The third-order valence-electron chi connectivity index (χ3n) is 6.84. The number of nitrogens with zero attached hydrogens (tertiary/aromatic N) is 2. The highest BCUT2D eigenvalue weighted by Gasteiger charge is 2.23. The van der Waals surface area contributed by atoms with Crippen molar-refractivity contribution in [1.82, 2.24) is 4.90 Å². The minimum absolute atomic E-state index is 0.0398. The van der Waals surface area contributed by atoms with Crippen molar-refractivity contribution < 1.29 is 9.59 Å². The number of carbonyl (C=O) groups excluding carboxylic acids is 2. The molecule has 1 heterocycles. The van der Waals surface area contributed by atoms with Gasteiger partial charge in [0.05, 0.1) is 5.92 Å². The van der Waals surface area contributed by atoms with Gasteiger partial charge in [0.1, 0.15) is 0 Å². The quantitative estimate of drug-likeness (QED) is 0.325. The molecule has 0 spiro atoms. The molecule has 0 saturated carbocycles. The molecule has 1 fully saturated rings. The van der Waals surface area contributed by atoms with Crippen LogP contribution in [0.5, 0.6) is 0 Å². The van der Waals surface area contributed by atoms with Gasteiger partial charge in [-0.05, 0) is 47.0 Å². The molecule has 0 aliphatic carbocycles. The Morgan fingerprint density at radius 3 is 1.74 bits per heavy atom. The average molecular weight is 502 g/mol. The lowest BCUT2D eigenvalue weighted by Gasteiger charge is -2.35. The SMILES string of the molecule is O=C(Nc1ccc(N2CCN(C(=O)C=Cc3ccccc3)CC2)cc1)C(c1ccccc1)c1ccccc1. The van der Waals surface area contributed by atoms with Gasteiger partial charge in [0.25, 0.3) is 0 Å². The Bertz CT molecular complexity index is 1320. The van der Waals surface area contributed by atoms with Crippen LogP contribution in [0.25, 0.3) is 6.08 Å². The molecular weight excluding hydrogens is 470 g/mol. The third kappa shape index (κ3) is 6.19. The maximum absolute atomic E-state index is 13.4. The molecule has 0 bridgehead atoms. The van der Waals surface area contributed by atoms with E-state index in [9.17, 15) is 9.59 Å². The van der Waals surface area contributed by atoms with E-state index in [-0.39, 0.29) is 11.8 Å². The molecule has 1 aliphatic rings. The molecule has 38 heavy (non-hydrogen) atoms. The predicted octanol–water partition coefficient (Wildman–Crippen LogP) is 5.82. The minimum atomic E-state index is -0.390. The maximum atomic E-state index is 13.4. The van der Waals surface area contributed by atoms with Gasteiger partial charge in [0.2, 0.25) is 11.8 Å². The monoisotopic (exact) mass is 501 g/mol. The van der Waals surface area contributed by atoms with Crippen molar-refractivity contribution in [1.29, 1.82) is 0 Å². The van der Waals surface area contributed by atoms with Gasteiger partial charge >= 0.3 is 0 Å². The zero-order valence-corrected chi connectivity index (χ0v) is 21.2. The van der Waals surface area contributed by atoms with Crippen molar-refractivity contribution >= 4 is 29.3 Å². The topological polar surface area (TPSA) is 52.7 Å². The van der Waals surface area contributed by atoms with Crippen LogP contribution in [0.3, 0.4) is 0 Å². The molecule has 2 amide bonds. The van der Waals surface area contributed by atoms with E-state index in [1.54, 1.807) is 6.08 Å². The summed E-state index contributed by atoms with van der Waals surface area (Å²) >= 11 is 0. The molecule has 1 saturated heterocycles. The van der Waals surface area contributed by atoms with Crippen LogP contribution in [-0.2, 0) is 9.59 Å². The Kier molecular flexibility index (Phi) is 7.95. The van der Waals surface area contributed by atoms with Crippen molar-refractivity contribution in [3.05, 3.63) is 138 Å². The summed E-state index contributed by atoms with van der Waals surface area (Å²) in [4.78, 5) is 30.1. The zero-order chi connectivity index (χ0) is 26.2. The molecule has 1 N–H and O–H groups in total. The molecule has 5 heteroatoms. The first-order valence-electron chi connectivity index (χ1n) is 13.0. The Labute approximate surface area is 224 Å². The van der Waals surface area contributed by atoms with E-state index in [1.807, 2.05) is 126 Å². The van der Waals surface area contributed by atoms with Crippen LogP contribution in [0.1, 0.15) is 22.6 Å². The second-order valence-corrected chi connectivity index (χ2v) is 9.35. The number of piperazine rings is 1. The largest absolute Gasteiger partial charge is 0.368 e. The fourth-order valence-corrected chi connectivity index (χ4v) is 4.78. The van der Waals surface area contributed by atoms with E-state index in [1.165, 1.54) is 0 Å². The molecule has 0 atom stereocenters. The number of hydrogen-bond acceptors (Lipinski definition) is 3. The minimum Gasteiger partial charge on any atom is -0.368 e. The Morgan fingerprint density at radius 1 is 0.658 bits per heavy atom. The van der Waals surface area contributed by atoms with E-state index in [0.29, 0.717) is 13.1 Å². The van der Waals surface area contributed by atoms with Crippen molar-refractivity contribution in [3.8, 4) is 0 Å². The van der Waals surface area contributed by atoms with Crippen molar-refractivity contribution in [2.24, 2.45) is 0 Å². The first kappa shape index (κ1) is 25.0. The third-order valence-corrected chi connectivity index (χ3v) is 6.84. The highest BCUT2D eigenvalue weighted by atomic mass is 16.2. The first-order valence-corrected chi connectivity index (χ1v) is 13.0. The van der Waals surface area contributed by atoms with Crippen LogP contribution in [0.2, 0.25) is 0 Å². The molecule has 0 unspecified atom stereocenters. The summed E-state index contributed by atoms with van der Waals surface area (Å²) in [7, 11) is 0. The molecule has 4 aromatic carbocycles. The smallest absolute Gasteiger partial charge is 0.246 e. The van der Waals surface area contributed by atoms with Gasteiger partial charge in [-0.25, -0.2) is 0 Å². The first-order chi connectivity index (χ1) is 18.7. The summed E-state index contributed by atoms with van der Waals surface area (Å²) in [5.41, 5.74) is 4.77. The summed E-state index contributed by atoms with van der Waals surface area (Å²) in [6, 6.07) is 37.5. The van der Waals surface area contributed by atoms with Crippen molar-refractivity contribution in [2.45, 2.75) is 5.92 Å². The Morgan fingerprint density at radius 2 is 1.18 bits per heavy atom. The summed E-state index contributed by atoms with van der Waals surface area (Å²) in [5, 5.41) is 3.10. The van der Waals surface area contributed by atoms with Gasteiger partial charge in [-0.15, -0.1) is 0 Å². The predicted molar refractivity (Wildman–Crippen MR) is 154 cm³/mol. The second kappa shape index (κ2) is 12.1. The molecule has 4 aromatic rings. The molecule has 0 aromatic heterocycles. The van der Waals surface area contributed by atoms with E-state index in [2.05, 4.69) is 10.2 Å². The number of carbonyl (C=O) groups is 2. The highest BCUT2D eigenvalue weighted by molar-refractivity contribution is 5.98. The van der Waals surface area contributed by atoms with Gasteiger partial charge in [-0.3, -0.25) is 9.59 Å². The highest BCUT2D eigenvalue weighted by Crippen LogP contribution is 2.27. The lowest BCUT2D eigenvalue weighted by atomic mass is 9.90. The lowest BCUT2D eigenvalue weighted by Crippen LogP contribution is -2.48. The number of benzene rings is 4. The molecule has 1 aliphatic heterocycles. The number of hydrogen-bond donors (Lipinski definition) is 1. The second-order valence-electron chi connectivity index (χ2n) is 9.35. The molecule has 5 rings (SSSR count). The standard InChI is InChI=1S/C33H31N3O2/c37-31(21-16-26-10-4-1-5-11-26)36-24-22-35(23-25-36)30-19-17-29(18-20-30)34-33(38)32(27-12-6-2-7-13-27)28-14-8-3-9-15-28/h1-21,32H,22-25H2,(H,34,38). The summed E-state index contributed by atoms with van der Waals surface area (Å²) in [6.45, 7) is 2.87. The maximum Gasteiger partial charge on any atom is 0.246 e.